The molecule has 0 heterocycles. The zero-order valence-corrected chi connectivity index (χ0v) is 19.4. The van der Waals surface area contributed by atoms with Crippen molar-refractivity contribution in [1.82, 2.24) is 5.32 Å². The fourth-order valence-corrected chi connectivity index (χ4v) is 3.93. The minimum absolute atomic E-state index is 0.0519. The van der Waals surface area contributed by atoms with Crippen LogP contribution in [0.4, 0.5) is 5.69 Å². The van der Waals surface area contributed by atoms with Crippen LogP contribution in [0.1, 0.15) is 50.4 Å². The van der Waals surface area contributed by atoms with Crippen LogP contribution in [0.5, 0.6) is 0 Å². The fraction of sp³-hybridized carbons (Fsp3) is 0.409. The highest BCUT2D eigenvalue weighted by Crippen LogP contribution is 2.26. The zero-order valence-electron chi connectivity index (χ0n) is 17.8. The molecular weight excluding hydrogens is 408 g/mol. The van der Waals surface area contributed by atoms with E-state index >= 15 is 0 Å². The first kappa shape index (κ1) is 23.2. The molecule has 1 N–H and O–H groups in total. The third kappa shape index (κ3) is 6.21. The van der Waals surface area contributed by atoms with Crippen molar-refractivity contribution in [2.24, 2.45) is 0 Å². The predicted molar refractivity (Wildman–Crippen MR) is 120 cm³/mol. The molecule has 7 heteroatoms. The molecule has 2 rings (SSSR count). The fourth-order valence-electron chi connectivity index (χ4n) is 2.91. The molecule has 0 aliphatic heterocycles. The van der Waals surface area contributed by atoms with Gasteiger partial charge in [-0.05, 0) is 48.1 Å². The molecule has 0 aliphatic rings. The van der Waals surface area contributed by atoms with E-state index in [1.165, 1.54) is 5.56 Å². The first-order valence-electron chi connectivity index (χ1n) is 9.42. The molecule has 0 saturated heterocycles. The van der Waals surface area contributed by atoms with Gasteiger partial charge in [0.1, 0.15) is 6.54 Å². The van der Waals surface area contributed by atoms with Gasteiger partial charge in [-0.15, -0.1) is 0 Å². The van der Waals surface area contributed by atoms with Crippen LogP contribution >= 0.6 is 11.6 Å². The molecule has 158 valence electrons. The number of nitrogens with one attached hydrogen (secondary N) is 1. The highest BCUT2D eigenvalue weighted by molar-refractivity contribution is 7.92. The molecular formula is C22H29ClN2O3S. The number of rotatable bonds is 6. The molecule has 29 heavy (non-hydrogen) atoms. The van der Waals surface area contributed by atoms with Gasteiger partial charge in [-0.2, -0.15) is 0 Å². The van der Waals surface area contributed by atoms with E-state index in [4.69, 9.17) is 11.6 Å². The molecule has 0 fully saturated rings. The van der Waals surface area contributed by atoms with Gasteiger partial charge in [0.25, 0.3) is 0 Å². The van der Waals surface area contributed by atoms with Crippen molar-refractivity contribution in [2.45, 2.75) is 46.1 Å². The van der Waals surface area contributed by atoms with Crippen LogP contribution in [-0.4, -0.2) is 27.1 Å². The van der Waals surface area contributed by atoms with Crippen LogP contribution in [0.25, 0.3) is 0 Å². The number of nitrogens with zero attached hydrogens (tertiary/aromatic N) is 1. The van der Waals surface area contributed by atoms with E-state index in [0.717, 1.165) is 21.7 Å². The maximum absolute atomic E-state index is 12.6. The smallest absolute Gasteiger partial charge is 0.241 e. The Balaban J connectivity index is 2.14. The second-order valence-electron chi connectivity index (χ2n) is 8.36. The van der Waals surface area contributed by atoms with Crippen molar-refractivity contribution in [3.8, 4) is 0 Å². The van der Waals surface area contributed by atoms with Gasteiger partial charge < -0.3 is 5.32 Å². The number of benzene rings is 2. The van der Waals surface area contributed by atoms with E-state index < -0.39 is 10.0 Å². The molecule has 0 spiro atoms. The Morgan fingerprint density at radius 2 is 1.72 bits per heavy atom. The molecule has 0 radical (unpaired) electrons. The molecule has 5 nitrogen and oxygen atoms in total. The summed E-state index contributed by atoms with van der Waals surface area (Å²) in [5.41, 5.74) is 3.41. The molecule has 2 aromatic carbocycles. The van der Waals surface area contributed by atoms with Gasteiger partial charge in [-0.25, -0.2) is 8.42 Å². The number of hydrogen-bond donors (Lipinski definition) is 1. The Kier molecular flexibility index (Phi) is 7.01. The van der Waals surface area contributed by atoms with Crippen molar-refractivity contribution in [2.75, 3.05) is 17.1 Å². The van der Waals surface area contributed by atoms with Gasteiger partial charge in [-0.1, -0.05) is 62.7 Å². The Labute approximate surface area is 179 Å². The van der Waals surface area contributed by atoms with Crippen LogP contribution in [0.15, 0.2) is 42.5 Å². The number of halogens is 1. The van der Waals surface area contributed by atoms with E-state index in [-0.39, 0.29) is 23.9 Å². The number of carbonyl (C=O) groups excluding carboxylic acids is 1. The molecule has 2 aromatic rings. The van der Waals surface area contributed by atoms with Crippen LogP contribution in [0.3, 0.4) is 0 Å². The predicted octanol–water partition coefficient (Wildman–Crippen LogP) is 4.59. The molecule has 0 bridgehead atoms. The van der Waals surface area contributed by atoms with Gasteiger partial charge in [0, 0.05) is 5.02 Å². The maximum atomic E-state index is 12.6. The summed E-state index contributed by atoms with van der Waals surface area (Å²) in [5, 5.41) is 3.32. The summed E-state index contributed by atoms with van der Waals surface area (Å²) in [6.07, 6.45) is 1.07. The quantitative estimate of drug-likeness (QED) is 0.720. The third-order valence-corrected chi connectivity index (χ3v) is 6.33. The zero-order chi connectivity index (χ0) is 22.0. The van der Waals surface area contributed by atoms with Gasteiger partial charge in [-0.3, -0.25) is 9.10 Å². The average molecular weight is 437 g/mol. The van der Waals surface area contributed by atoms with Crippen LogP contribution in [0, 0.1) is 6.92 Å². The second-order valence-corrected chi connectivity index (χ2v) is 10.7. The van der Waals surface area contributed by atoms with Gasteiger partial charge in [0.05, 0.1) is 18.0 Å². The lowest BCUT2D eigenvalue weighted by molar-refractivity contribution is -0.120. The summed E-state index contributed by atoms with van der Waals surface area (Å²) in [4.78, 5) is 12.6. The Morgan fingerprint density at radius 3 is 2.21 bits per heavy atom. The monoisotopic (exact) mass is 436 g/mol. The standard InChI is InChI=1S/C22H29ClN2O3S/c1-15-7-12-19(13-20(15)23)25(29(6,27)28)14-21(26)24-16(2)17-8-10-18(11-9-17)22(3,4)5/h7-13,16H,14H2,1-6H3,(H,24,26)/t16-/m0/s1. The van der Waals surface area contributed by atoms with Gasteiger partial charge in [0.15, 0.2) is 0 Å². The SMILES string of the molecule is Cc1ccc(N(CC(=O)N[C@@H](C)c2ccc(C(C)(C)C)cc2)S(C)(=O)=O)cc1Cl. The normalized spacial score (nSPS) is 13.1. The number of hydrogen-bond acceptors (Lipinski definition) is 3. The maximum Gasteiger partial charge on any atom is 0.241 e. The van der Waals surface area contributed by atoms with E-state index in [9.17, 15) is 13.2 Å². The molecule has 0 aliphatic carbocycles. The number of sulfonamides is 1. The molecule has 1 atom stereocenters. The summed E-state index contributed by atoms with van der Waals surface area (Å²) in [7, 11) is -3.65. The topological polar surface area (TPSA) is 66.5 Å². The summed E-state index contributed by atoms with van der Waals surface area (Å²) < 4.78 is 25.6. The number of anilines is 1. The van der Waals surface area contributed by atoms with E-state index in [1.54, 1.807) is 18.2 Å². The van der Waals surface area contributed by atoms with Gasteiger partial charge >= 0.3 is 0 Å². The first-order chi connectivity index (χ1) is 13.3. The molecule has 1 amide bonds. The van der Waals surface area contributed by atoms with E-state index in [1.807, 2.05) is 26.0 Å². The van der Waals surface area contributed by atoms with Crippen molar-refractivity contribution < 1.29 is 13.2 Å². The van der Waals surface area contributed by atoms with Gasteiger partial charge in [0.2, 0.25) is 15.9 Å². The van der Waals surface area contributed by atoms with Crippen LogP contribution < -0.4 is 9.62 Å². The molecule has 0 unspecified atom stereocenters. The van der Waals surface area contributed by atoms with Crippen LogP contribution in [0.2, 0.25) is 5.02 Å². The summed E-state index contributed by atoms with van der Waals surface area (Å²) in [5.74, 6) is -0.389. The minimum atomic E-state index is -3.65. The lowest BCUT2D eigenvalue weighted by Gasteiger charge is -2.24. The van der Waals surface area contributed by atoms with E-state index in [2.05, 4.69) is 38.2 Å². The minimum Gasteiger partial charge on any atom is -0.348 e. The van der Waals surface area contributed by atoms with Crippen molar-refractivity contribution in [3.63, 3.8) is 0 Å². The van der Waals surface area contributed by atoms with Crippen molar-refractivity contribution in [1.29, 1.82) is 0 Å². The highest BCUT2D eigenvalue weighted by Gasteiger charge is 2.22. The summed E-state index contributed by atoms with van der Waals surface area (Å²) >= 11 is 6.13. The largest absolute Gasteiger partial charge is 0.348 e. The molecule has 0 aromatic heterocycles. The van der Waals surface area contributed by atoms with E-state index in [0.29, 0.717) is 10.7 Å². The first-order valence-corrected chi connectivity index (χ1v) is 11.7. The number of amides is 1. The Morgan fingerprint density at radius 1 is 1.14 bits per heavy atom. The van der Waals surface area contributed by atoms with Crippen molar-refractivity contribution >= 4 is 33.2 Å². The lowest BCUT2D eigenvalue weighted by atomic mass is 9.86. The summed E-state index contributed by atoms with van der Waals surface area (Å²) in [6, 6.07) is 12.8. The number of carbonyl (C=O) groups is 1. The Bertz CT molecular complexity index is 980. The van der Waals surface area contributed by atoms with Crippen molar-refractivity contribution in [3.05, 3.63) is 64.2 Å². The second kappa shape index (κ2) is 8.76. The lowest BCUT2D eigenvalue weighted by Crippen LogP contribution is -2.41. The number of aryl methyl sites for hydroxylation is 1. The average Bonchev–Trinajstić information content (AvgIpc) is 2.60. The highest BCUT2D eigenvalue weighted by atomic mass is 35.5. The Hall–Kier alpha value is -2.05. The molecule has 0 saturated carbocycles. The van der Waals surface area contributed by atoms with Crippen LogP contribution in [-0.2, 0) is 20.2 Å². The summed E-state index contributed by atoms with van der Waals surface area (Å²) in [6.45, 7) is 9.81. The third-order valence-electron chi connectivity index (χ3n) is 4.79.